The van der Waals surface area contributed by atoms with E-state index in [0.29, 0.717) is 0 Å². The Morgan fingerprint density at radius 1 is 1.46 bits per heavy atom. The molecule has 76 valence electrons. The van der Waals surface area contributed by atoms with Crippen molar-refractivity contribution >= 4 is 12.4 Å². The molecule has 0 aliphatic rings. The zero-order chi connectivity index (χ0) is 10.6. The van der Waals surface area contributed by atoms with Crippen molar-refractivity contribution < 1.29 is 14.3 Å². The molecular weight excluding hydrogens is 170 g/mol. The number of carbonyl (C=O) groups excluding carboxylic acids is 2. The summed E-state index contributed by atoms with van der Waals surface area (Å²) < 4.78 is 4.90. The summed E-state index contributed by atoms with van der Waals surface area (Å²) in [4.78, 5) is 21.0. The van der Waals surface area contributed by atoms with Crippen LogP contribution in [0.1, 0.15) is 27.7 Å². The lowest BCUT2D eigenvalue weighted by Gasteiger charge is -2.32. The average Bonchev–Trinajstić information content (AvgIpc) is 1.99. The van der Waals surface area contributed by atoms with Gasteiger partial charge in [-0.25, -0.2) is 4.79 Å². The summed E-state index contributed by atoms with van der Waals surface area (Å²) in [6.45, 7) is 7.11. The molecule has 0 saturated heterocycles. The fraction of sp³-hybridized carbons (Fsp3) is 0.778. The van der Waals surface area contributed by atoms with Crippen LogP contribution in [0.5, 0.6) is 0 Å². The highest BCUT2D eigenvalue weighted by Gasteiger charge is 2.32. The van der Waals surface area contributed by atoms with Crippen molar-refractivity contribution in [1.82, 2.24) is 0 Å². The largest absolute Gasteiger partial charge is 0.443 e. The number of amides is 1. The average molecular weight is 187 g/mol. The Labute approximate surface area is 78.4 Å². The van der Waals surface area contributed by atoms with Gasteiger partial charge >= 0.3 is 6.09 Å². The van der Waals surface area contributed by atoms with E-state index in [0.717, 1.165) is 6.29 Å². The summed E-state index contributed by atoms with van der Waals surface area (Å²) in [6, 6.07) is 0. The van der Waals surface area contributed by atoms with Crippen molar-refractivity contribution in [2.75, 3.05) is 0 Å². The number of primary amides is 1. The summed E-state index contributed by atoms with van der Waals surface area (Å²) in [5.74, 6) is -0.216. The molecule has 0 radical (unpaired) electrons. The zero-order valence-corrected chi connectivity index (χ0v) is 8.53. The molecule has 1 amide bonds. The fourth-order valence-corrected chi connectivity index (χ4v) is 1.10. The van der Waals surface area contributed by atoms with Crippen LogP contribution in [0.25, 0.3) is 0 Å². The first-order chi connectivity index (χ1) is 5.81. The van der Waals surface area contributed by atoms with Gasteiger partial charge in [-0.05, 0) is 13.8 Å². The number of aldehydes is 1. The molecule has 0 saturated carbocycles. The van der Waals surface area contributed by atoms with Gasteiger partial charge in [0, 0.05) is 11.8 Å². The topological polar surface area (TPSA) is 69.4 Å². The third-order valence-electron chi connectivity index (χ3n) is 2.46. The number of rotatable bonds is 4. The van der Waals surface area contributed by atoms with E-state index >= 15 is 0 Å². The van der Waals surface area contributed by atoms with E-state index in [1.54, 1.807) is 20.8 Å². The first-order valence-corrected chi connectivity index (χ1v) is 4.25. The van der Waals surface area contributed by atoms with Crippen LogP contribution in [0.2, 0.25) is 0 Å². The van der Waals surface area contributed by atoms with E-state index in [4.69, 9.17) is 10.5 Å². The maximum absolute atomic E-state index is 10.5. The predicted molar refractivity (Wildman–Crippen MR) is 49.1 cm³/mol. The van der Waals surface area contributed by atoms with Crippen LogP contribution in [-0.2, 0) is 9.53 Å². The number of carbonyl (C=O) groups is 2. The van der Waals surface area contributed by atoms with Gasteiger partial charge in [0.05, 0.1) is 0 Å². The van der Waals surface area contributed by atoms with E-state index in [2.05, 4.69) is 0 Å². The van der Waals surface area contributed by atoms with Crippen molar-refractivity contribution in [1.29, 1.82) is 0 Å². The molecule has 4 nitrogen and oxygen atoms in total. The van der Waals surface area contributed by atoms with Gasteiger partial charge in [-0.2, -0.15) is 0 Å². The lowest BCUT2D eigenvalue weighted by atomic mass is 9.83. The van der Waals surface area contributed by atoms with Gasteiger partial charge in [-0.3, -0.25) is 0 Å². The molecular formula is C9H17NO3. The third kappa shape index (κ3) is 3.44. The van der Waals surface area contributed by atoms with Crippen LogP contribution in [-0.4, -0.2) is 18.0 Å². The molecule has 0 aliphatic heterocycles. The SMILES string of the molecule is CC(C=O)C(C)C(C)(C)OC(N)=O. The van der Waals surface area contributed by atoms with Gasteiger partial charge in [0.15, 0.2) is 0 Å². The monoisotopic (exact) mass is 187 g/mol. The number of nitrogens with two attached hydrogens (primary N) is 1. The zero-order valence-electron chi connectivity index (χ0n) is 8.53. The molecule has 2 atom stereocenters. The normalized spacial score (nSPS) is 16.0. The smallest absolute Gasteiger partial charge is 0.405 e. The summed E-state index contributed by atoms with van der Waals surface area (Å²) >= 11 is 0. The molecule has 0 aromatic rings. The molecule has 2 unspecified atom stereocenters. The van der Waals surface area contributed by atoms with Crippen LogP contribution in [0.4, 0.5) is 4.79 Å². The molecule has 0 aromatic heterocycles. The minimum Gasteiger partial charge on any atom is -0.443 e. The minimum absolute atomic E-state index is 0.0579. The van der Waals surface area contributed by atoms with E-state index in [9.17, 15) is 9.59 Å². The van der Waals surface area contributed by atoms with Crippen LogP contribution >= 0.6 is 0 Å². The Bertz CT molecular complexity index is 201. The Hall–Kier alpha value is -1.06. The molecule has 4 heteroatoms. The molecule has 0 rings (SSSR count). The molecule has 0 heterocycles. The fourth-order valence-electron chi connectivity index (χ4n) is 1.10. The van der Waals surface area contributed by atoms with E-state index < -0.39 is 11.7 Å². The van der Waals surface area contributed by atoms with Gasteiger partial charge < -0.3 is 15.3 Å². The van der Waals surface area contributed by atoms with Crippen molar-refractivity contribution in [2.24, 2.45) is 17.6 Å². The Balaban J connectivity index is 4.42. The molecule has 13 heavy (non-hydrogen) atoms. The van der Waals surface area contributed by atoms with E-state index in [1.807, 2.05) is 6.92 Å². The Morgan fingerprint density at radius 2 is 1.92 bits per heavy atom. The second-order valence-corrected chi connectivity index (χ2v) is 3.81. The first-order valence-electron chi connectivity index (χ1n) is 4.25. The van der Waals surface area contributed by atoms with Gasteiger partial charge in [0.1, 0.15) is 11.9 Å². The molecule has 0 spiro atoms. The Morgan fingerprint density at radius 3 is 2.23 bits per heavy atom. The summed E-state index contributed by atoms with van der Waals surface area (Å²) in [7, 11) is 0. The number of hydrogen-bond donors (Lipinski definition) is 1. The second kappa shape index (κ2) is 4.25. The van der Waals surface area contributed by atoms with Crippen molar-refractivity contribution in [3.8, 4) is 0 Å². The van der Waals surface area contributed by atoms with Crippen LogP contribution < -0.4 is 5.73 Å². The van der Waals surface area contributed by atoms with Crippen LogP contribution in [0.3, 0.4) is 0 Å². The predicted octanol–water partition coefficient (Wildman–Crippen LogP) is 1.33. The maximum Gasteiger partial charge on any atom is 0.405 e. The molecule has 0 bridgehead atoms. The molecule has 2 N–H and O–H groups in total. The Kier molecular flexibility index (Phi) is 3.91. The first kappa shape index (κ1) is 11.9. The summed E-state index contributed by atoms with van der Waals surface area (Å²) in [6.07, 6.45) is 0.0338. The number of hydrogen-bond acceptors (Lipinski definition) is 3. The minimum atomic E-state index is -0.810. The van der Waals surface area contributed by atoms with Gasteiger partial charge in [-0.15, -0.1) is 0 Å². The van der Waals surface area contributed by atoms with Crippen LogP contribution in [0.15, 0.2) is 0 Å². The molecule has 0 aromatic carbocycles. The summed E-state index contributed by atoms with van der Waals surface area (Å²) in [5, 5.41) is 0. The quantitative estimate of drug-likeness (QED) is 0.675. The maximum atomic E-state index is 10.5. The molecule has 0 aliphatic carbocycles. The highest BCUT2D eigenvalue weighted by atomic mass is 16.6. The number of ether oxygens (including phenoxy) is 1. The van der Waals surface area contributed by atoms with E-state index in [-0.39, 0.29) is 11.8 Å². The highest BCUT2D eigenvalue weighted by Crippen LogP contribution is 2.26. The lowest BCUT2D eigenvalue weighted by molar-refractivity contribution is -0.115. The third-order valence-corrected chi connectivity index (χ3v) is 2.46. The highest BCUT2D eigenvalue weighted by molar-refractivity contribution is 5.65. The van der Waals surface area contributed by atoms with Gasteiger partial charge in [0.25, 0.3) is 0 Å². The van der Waals surface area contributed by atoms with Crippen LogP contribution in [0, 0.1) is 11.8 Å². The van der Waals surface area contributed by atoms with Crippen molar-refractivity contribution in [3.05, 3.63) is 0 Å². The second-order valence-electron chi connectivity index (χ2n) is 3.81. The van der Waals surface area contributed by atoms with Gasteiger partial charge in [-0.1, -0.05) is 13.8 Å². The van der Waals surface area contributed by atoms with Gasteiger partial charge in [0.2, 0.25) is 0 Å². The van der Waals surface area contributed by atoms with Crippen molar-refractivity contribution in [2.45, 2.75) is 33.3 Å². The van der Waals surface area contributed by atoms with Crippen molar-refractivity contribution in [3.63, 3.8) is 0 Å². The lowest BCUT2D eigenvalue weighted by Crippen LogP contribution is -2.40. The van der Waals surface area contributed by atoms with E-state index in [1.165, 1.54) is 0 Å². The standard InChI is InChI=1S/C9H17NO3/c1-6(5-11)7(2)9(3,4)13-8(10)12/h5-7H,1-4H3,(H2,10,12). The summed E-state index contributed by atoms with van der Waals surface area (Å²) in [5.41, 5.74) is 4.21. The molecule has 0 fully saturated rings.